The van der Waals surface area contributed by atoms with E-state index < -0.39 is 0 Å². The van der Waals surface area contributed by atoms with Gasteiger partial charge in [0.05, 0.1) is 11.9 Å². The van der Waals surface area contributed by atoms with Crippen LogP contribution in [0.5, 0.6) is 0 Å². The van der Waals surface area contributed by atoms with Gasteiger partial charge in [0.1, 0.15) is 5.69 Å². The van der Waals surface area contributed by atoms with Gasteiger partial charge in [-0.05, 0) is 23.8 Å². The van der Waals surface area contributed by atoms with Gasteiger partial charge in [-0.1, -0.05) is 29.8 Å². The normalized spacial score (nSPS) is 10.2. The summed E-state index contributed by atoms with van der Waals surface area (Å²) < 4.78 is 0. The first kappa shape index (κ1) is 14.3. The molecule has 0 aliphatic heterocycles. The van der Waals surface area contributed by atoms with Crippen LogP contribution in [-0.2, 0) is 6.54 Å². The maximum Gasteiger partial charge on any atom is 0.272 e. The van der Waals surface area contributed by atoms with Crippen molar-refractivity contribution in [2.75, 3.05) is 19.4 Å². The highest BCUT2D eigenvalue weighted by Crippen LogP contribution is 2.17. The van der Waals surface area contributed by atoms with Crippen molar-refractivity contribution < 1.29 is 4.79 Å². The number of carbonyl (C=O) groups excluding carboxylic acids is 1. The molecule has 0 radical (unpaired) electrons. The first-order valence-corrected chi connectivity index (χ1v) is 6.62. The third-order valence-electron chi connectivity index (χ3n) is 2.98. The summed E-state index contributed by atoms with van der Waals surface area (Å²) in [5, 5.41) is 3.62. The van der Waals surface area contributed by atoms with Crippen LogP contribution in [0.2, 0.25) is 5.02 Å². The Bertz CT molecular complexity index is 598. The fourth-order valence-corrected chi connectivity index (χ4v) is 2.01. The summed E-state index contributed by atoms with van der Waals surface area (Å²) in [6.45, 7) is 0.452. The highest BCUT2D eigenvalue weighted by atomic mass is 35.5. The number of halogens is 1. The van der Waals surface area contributed by atoms with Crippen LogP contribution in [0.3, 0.4) is 0 Å². The number of hydrogen-bond donors (Lipinski definition) is 1. The van der Waals surface area contributed by atoms with Gasteiger partial charge in [-0.3, -0.25) is 4.79 Å². The van der Waals surface area contributed by atoms with E-state index in [4.69, 9.17) is 11.6 Å². The summed E-state index contributed by atoms with van der Waals surface area (Å²) in [6, 6.07) is 11.0. The average molecular weight is 290 g/mol. The van der Waals surface area contributed by atoms with Crippen LogP contribution in [0.25, 0.3) is 0 Å². The highest BCUT2D eigenvalue weighted by molar-refractivity contribution is 6.31. The number of anilines is 1. The minimum absolute atomic E-state index is 0.132. The SMILES string of the molecule is CNc1ccc(C(=O)N(C)Cc2ccccc2Cl)nc1. The van der Waals surface area contributed by atoms with Gasteiger partial charge in [-0.25, -0.2) is 4.98 Å². The molecule has 20 heavy (non-hydrogen) atoms. The fraction of sp³-hybridized carbons (Fsp3) is 0.200. The molecule has 0 bridgehead atoms. The maximum atomic E-state index is 12.3. The zero-order valence-corrected chi connectivity index (χ0v) is 12.2. The van der Waals surface area contributed by atoms with Gasteiger partial charge < -0.3 is 10.2 Å². The molecular weight excluding hydrogens is 274 g/mol. The monoisotopic (exact) mass is 289 g/mol. The first-order chi connectivity index (χ1) is 9.61. The third-order valence-corrected chi connectivity index (χ3v) is 3.35. The summed E-state index contributed by atoms with van der Waals surface area (Å²) in [5.41, 5.74) is 2.20. The molecule has 0 unspecified atom stereocenters. The molecule has 104 valence electrons. The summed E-state index contributed by atoms with van der Waals surface area (Å²) >= 11 is 6.10. The molecule has 0 fully saturated rings. The van der Waals surface area contributed by atoms with Crippen molar-refractivity contribution in [2.45, 2.75) is 6.54 Å². The number of benzene rings is 1. The van der Waals surface area contributed by atoms with Gasteiger partial charge in [-0.15, -0.1) is 0 Å². The zero-order valence-electron chi connectivity index (χ0n) is 11.4. The molecule has 5 heteroatoms. The second kappa shape index (κ2) is 6.39. The number of aromatic nitrogens is 1. The molecule has 1 aromatic heterocycles. The molecule has 4 nitrogen and oxygen atoms in total. The average Bonchev–Trinajstić information content (AvgIpc) is 2.49. The fourth-order valence-electron chi connectivity index (χ4n) is 1.82. The molecule has 2 rings (SSSR count). The minimum atomic E-state index is -0.132. The summed E-state index contributed by atoms with van der Waals surface area (Å²) in [7, 11) is 3.54. The Balaban J connectivity index is 2.10. The molecule has 0 aliphatic carbocycles. The van der Waals surface area contributed by atoms with Crippen LogP contribution in [0.1, 0.15) is 16.1 Å². The Morgan fingerprint density at radius 2 is 2.05 bits per heavy atom. The number of hydrogen-bond acceptors (Lipinski definition) is 3. The van der Waals surface area contributed by atoms with E-state index in [1.54, 1.807) is 24.2 Å². The zero-order chi connectivity index (χ0) is 14.5. The third kappa shape index (κ3) is 3.27. The van der Waals surface area contributed by atoms with Crippen molar-refractivity contribution in [3.63, 3.8) is 0 Å². The lowest BCUT2D eigenvalue weighted by atomic mass is 10.2. The lowest BCUT2D eigenvalue weighted by molar-refractivity contribution is 0.0779. The molecular formula is C15H16ClN3O. The molecule has 1 amide bonds. The Hall–Kier alpha value is -2.07. The van der Waals surface area contributed by atoms with Gasteiger partial charge in [0.25, 0.3) is 5.91 Å². The molecule has 0 aliphatic rings. The van der Waals surface area contributed by atoms with E-state index in [0.717, 1.165) is 11.3 Å². The number of amides is 1. The smallest absolute Gasteiger partial charge is 0.272 e. The van der Waals surface area contributed by atoms with Gasteiger partial charge in [-0.2, -0.15) is 0 Å². The molecule has 1 N–H and O–H groups in total. The van der Waals surface area contributed by atoms with Crippen molar-refractivity contribution in [3.05, 3.63) is 58.9 Å². The maximum absolute atomic E-state index is 12.3. The van der Waals surface area contributed by atoms with Gasteiger partial charge in [0, 0.05) is 25.7 Å². The Morgan fingerprint density at radius 3 is 2.65 bits per heavy atom. The highest BCUT2D eigenvalue weighted by Gasteiger charge is 2.14. The summed E-state index contributed by atoms with van der Waals surface area (Å²) in [5.74, 6) is -0.132. The minimum Gasteiger partial charge on any atom is -0.387 e. The Morgan fingerprint density at radius 1 is 1.30 bits per heavy atom. The molecule has 0 saturated carbocycles. The van der Waals surface area contributed by atoms with Gasteiger partial charge in [0.2, 0.25) is 0 Å². The molecule has 0 atom stereocenters. The lowest BCUT2D eigenvalue weighted by Crippen LogP contribution is -2.27. The van der Waals surface area contributed by atoms with Crippen LogP contribution >= 0.6 is 11.6 Å². The van der Waals surface area contributed by atoms with Gasteiger partial charge in [0.15, 0.2) is 0 Å². The second-order valence-corrected chi connectivity index (χ2v) is 4.84. The van der Waals surface area contributed by atoms with E-state index in [1.165, 1.54) is 0 Å². The second-order valence-electron chi connectivity index (χ2n) is 4.43. The molecule has 0 spiro atoms. The number of nitrogens with one attached hydrogen (secondary N) is 1. The van der Waals surface area contributed by atoms with E-state index in [1.807, 2.05) is 37.4 Å². The number of nitrogens with zero attached hydrogens (tertiary/aromatic N) is 2. The van der Waals surface area contributed by atoms with Crippen LogP contribution in [0.15, 0.2) is 42.6 Å². The van der Waals surface area contributed by atoms with Crippen molar-refractivity contribution >= 4 is 23.2 Å². The molecule has 2 aromatic rings. The van der Waals surface area contributed by atoms with E-state index >= 15 is 0 Å². The predicted octanol–water partition coefficient (Wildman–Crippen LogP) is 3.05. The lowest BCUT2D eigenvalue weighted by Gasteiger charge is -2.17. The van der Waals surface area contributed by atoms with Crippen molar-refractivity contribution in [2.24, 2.45) is 0 Å². The van der Waals surface area contributed by atoms with Crippen molar-refractivity contribution in [1.29, 1.82) is 0 Å². The predicted molar refractivity (Wildman–Crippen MR) is 81.0 cm³/mol. The standard InChI is InChI=1S/C15H16ClN3O/c1-17-12-7-8-14(18-9-12)15(20)19(2)10-11-5-3-4-6-13(11)16/h3-9,17H,10H2,1-2H3. The largest absolute Gasteiger partial charge is 0.387 e. The van der Waals surface area contributed by atoms with Crippen molar-refractivity contribution in [3.8, 4) is 0 Å². The Kier molecular flexibility index (Phi) is 4.58. The van der Waals surface area contributed by atoms with Crippen LogP contribution in [0, 0.1) is 0 Å². The van der Waals surface area contributed by atoms with Crippen LogP contribution < -0.4 is 5.32 Å². The van der Waals surface area contributed by atoms with Crippen LogP contribution in [0.4, 0.5) is 5.69 Å². The van der Waals surface area contributed by atoms with Crippen LogP contribution in [-0.4, -0.2) is 29.9 Å². The number of rotatable bonds is 4. The van der Waals surface area contributed by atoms with Crippen molar-refractivity contribution in [1.82, 2.24) is 9.88 Å². The molecule has 1 aromatic carbocycles. The van der Waals surface area contributed by atoms with E-state index in [-0.39, 0.29) is 5.91 Å². The quantitative estimate of drug-likeness (QED) is 0.941. The van der Waals surface area contributed by atoms with E-state index in [9.17, 15) is 4.79 Å². The topological polar surface area (TPSA) is 45.2 Å². The van der Waals surface area contributed by atoms with E-state index in [2.05, 4.69) is 10.3 Å². The number of carbonyl (C=O) groups is 1. The first-order valence-electron chi connectivity index (χ1n) is 6.24. The summed E-state index contributed by atoms with van der Waals surface area (Å²) in [4.78, 5) is 18.0. The number of pyridine rings is 1. The van der Waals surface area contributed by atoms with E-state index in [0.29, 0.717) is 17.3 Å². The molecule has 0 saturated heterocycles. The van der Waals surface area contributed by atoms with Gasteiger partial charge >= 0.3 is 0 Å². The molecule has 1 heterocycles. The Labute approximate surface area is 123 Å². The summed E-state index contributed by atoms with van der Waals surface area (Å²) in [6.07, 6.45) is 1.64.